The van der Waals surface area contributed by atoms with Crippen molar-refractivity contribution in [3.05, 3.63) is 94.2 Å². The zero-order valence-corrected chi connectivity index (χ0v) is 29.8. The fourth-order valence-electron chi connectivity index (χ4n) is 5.50. The Balaban J connectivity index is 0.000000970. The van der Waals surface area contributed by atoms with E-state index in [0.29, 0.717) is 39.6 Å². The number of Topliss-reactive ketones (excluding diaryl/α,β-unsaturated/α-hetero) is 1. The molecule has 1 aliphatic carbocycles. The number of methoxy groups -OCH3 is 3. The maximum Gasteiger partial charge on any atom is 1.00 e. The predicted octanol–water partition coefficient (Wildman–Crippen LogP) is 3.42. The molecule has 0 saturated heterocycles. The Bertz CT molecular complexity index is 1700. The molecule has 9 nitrogen and oxygen atoms in total. The van der Waals surface area contributed by atoms with Crippen molar-refractivity contribution in [1.29, 1.82) is 5.26 Å². The first-order valence-electron chi connectivity index (χ1n) is 14.6. The third-order valence-corrected chi connectivity index (χ3v) is 7.48. The Hall–Kier alpha value is -4.02. The molecule has 5 rings (SSSR count). The molecule has 0 radical (unpaired) electrons. The van der Waals surface area contributed by atoms with Gasteiger partial charge in [-0.3, -0.25) is 9.69 Å². The van der Waals surface area contributed by atoms with Crippen LogP contribution in [0.4, 0.5) is 23.7 Å². The van der Waals surface area contributed by atoms with Gasteiger partial charge < -0.3 is 24.6 Å². The zero-order valence-electron chi connectivity index (χ0n) is 27.8. The van der Waals surface area contributed by atoms with E-state index in [9.17, 15) is 33.1 Å². The number of allylic oxidation sites excluding steroid dienone is 1. The topological polar surface area (TPSA) is 124 Å². The van der Waals surface area contributed by atoms with E-state index < -0.39 is 35.3 Å². The van der Waals surface area contributed by atoms with Crippen molar-refractivity contribution >= 4 is 17.5 Å². The standard InChI is InChI=1S/C31H26F3N3O5.C4H9O.Na/c1-40-25-13-20(14-26(41-2)29(25)42-3)19-11-23-27(24(38)12-19)28(18-9-7-17(16-35)8-10-18)36-30(39)37(23)22-6-4-5-21(15-22)31(32,33)34;1-4(2,3)5;/h4-10,13-15,19,28H,11-12H2,1-3H3,(H,36,39);1-3H3;/q;-1;+1. The van der Waals surface area contributed by atoms with Crippen molar-refractivity contribution in [3.63, 3.8) is 0 Å². The van der Waals surface area contributed by atoms with Crippen LogP contribution >= 0.6 is 0 Å². The largest absolute Gasteiger partial charge is 1.00 e. The van der Waals surface area contributed by atoms with Crippen molar-refractivity contribution in [2.45, 2.75) is 57.3 Å². The summed E-state index contributed by atoms with van der Waals surface area (Å²) in [5.74, 6) is 0.401. The predicted molar refractivity (Wildman–Crippen MR) is 166 cm³/mol. The van der Waals surface area contributed by atoms with Crippen LogP contribution in [-0.4, -0.2) is 38.7 Å². The second-order valence-electron chi connectivity index (χ2n) is 12.0. The van der Waals surface area contributed by atoms with Crippen LogP contribution in [0.1, 0.15) is 67.8 Å². The molecule has 0 saturated carbocycles. The molecule has 3 aromatic carbocycles. The van der Waals surface area contributed by atoms with Crippen LogP contribution in [-0.2, 0) is 11.0 Å². The summed E-state index contributed by atoms with van der Waals surface area (Å²) >= 11 is 0. The molecule has 248 valence electrons. The summed E-state index contributed by atoms with van der Waals surface area (Å²) in [6, 6.07) is 14.8. The molecule has 1 N–H and O–H groups in total. The quantitative estimate of drug-likeness (QED) is 0.398. The summed E-state index contributed by atoms with van der Waals surface area (Å²) in [6.45, 7) is 4.90. The monoisotopic (exact) mass is 673 g/mol. The number of ketones is 1. The molecule has 2 atom stereocenters. The number of ether oxygens (including phenoxy) is 3. The smallest absolute Gasteiger partial charge is 0.850 e. The molecule has 1 heterocycles. The summed E-state index contributed by atoms with van der Waals surface area (Å²) in [4.78, 5) is 28.7. The second-order valence-corrected chi connectivity index (χ2v) is 12.0. The molecule has 0 fully saturated rings. The van der Waals surface area contributed by atoms with Gasteiger partial charge in [0, 0.05) is 17.7 Å². The summed E-state index contributed by atoms with van der Waals surface area (Å²) in [5, 5.41) is 22.1. The average Bonchev–Trinajstić information content (AvgIpc) is 3.02. The van der Waals surface area contributed by atoms with Gasteiger partial charge in [-0.25, -0.2) is 4.79 Å². The summed E-state index contributed by atoms with van der Waals surface area (Å²) in [6.07, 6.45) is -4.40. The minimum absolute atomic E-state index is 0. The van der Waals surface area contributed by atoms with E-state index in [2.05, 4.69) is 5.32 Å². The van der Waals surface area contributed by atoms with Crippen molar-refractivity contribution in [2.24, 2.45) is 0 Å². The van der Waals surface area contributed by atoms with Crippen molar-refractivity contribution < 1.29 is 71.6 Å². The van der Waals surface area contributed by atoms with Gasteiger partial charge in [-0.15, -0.1) is 5.60 Å². The molecule has 2 amide bonds. The number of hydrogen-bond donors (Lipinski definition) is 1. The fraction of sp³-hybridized carbons (Fsp3) is 0.343. The maximum absolute atomic E-state index is 13.9. The fourth-order valence-corrected chi connectivity index (χ4v) is 5.50. The van der Waals surface area contributed by atoms with E-state index in [1.165, 1.54) is 33.5 Å². The number of benzene rings is 3. The van der Waals surface area contributed by atoms with Gasteiger partial charge in [0.25, 0.3) is 0 Å². The third-order valence-electron chi connectivity index (χ3n) is 7.48. The Labute approximate surface area is 299 Å². The van der Waals surface area contributed by atoms with Crippen LogP contribution in [0.5, 0.6) is 17.2 Å². The SMILES string of the molecule is CC(C)(C)[O-].COc1cc(C2CC(=O)C3=C(C2)N(c2cccc(C(F)(F)F)c2)C(=O)NC3c2ccc(C#N)cc2)cc(OC)c1OC.[Na+]. The van der Waals surface area contributed by atoms with Gasteiger partial charge in [-0.2, -0.15) is 18.4 Å². The summed E-state index contributed by atoms with van der Waals surface area (Å²) in [5.41, 5.74) is 0.521. The first-order chi connectivity index (χ1) is 22.1. The van der Waals surface area contributed by atoms with E-state index in [0.717, 1.165) is 17.0 Å². The van der Waals surface area contributed by atoms with Crippen molar-refractivity contribution in [1.82, 2.24) is 5.32 Å². The van der Waals surface area contributed by atoms with Gasteiger partial charge >= 0.3 is 41.8 Å². The minimum atomic E-state index is -4.63. The van der Waals surface area contributed by atoms with E-state index >= 15 is 0 Å². The number of urea groups is 1. The van der Waals surface area contributed by atoms with Crippen LogP contribution in [0, 0.1) is 11.3 Å². The van der Waals surface area contributed by atoms with Gasteiger partial charge in [0.2, 0.25) is 5.75 Å². The van der Waals surface area contributed by atoms with Crippen LogP contribution in [0.3, 0.4) is 0 Å². The Kier molecular flexibility index (Phi) is 12.4. The summed E-state index contributed by atoms with van der Waals surface area (Å²) < 4.78 is 57.2. The molecular formula is C35H35F3N3NaO6. The number of halogens is 3. The van der Waals surface area contributed by atoms with Crippen LogP contribution in [0.2, 0.25) is 0 Å². The molecule has 0 bridgehead atoms. The van der Waals surface area contributed by atoms with E-state index in [1.54, 1.807) is 57.2 Å². The van der Waals surface area contributed by atoms with Gasteiger partial charge in [0.1, 0.15) is 0 Å². The van der Waals surface area contributed by atoms with Gasteiger partial charge in [0.15, 0.2) is 17.3 Å². The zero-order chi connectivity index (χ0) is 34.7. The average molecular weight is 674 g/mol. The molecule has 48 heavy (non-hydrogen) atoms. The molecular weight excluding hydrogens is 638 g/mol. The van der Waals surface area contributed by atoms with Gasteiger partial charge in [0.05, 0.1) is 50.3 Å². The maximum atomic E-state index is 13.9. The Morgan fingerprint density at radius 3 is 1.98 bits per heavy atom. The first-order valence-corrected chi connectivity index (χ1v) is 14.6. The van der Waals surface area contributed by atoms with E-state index in [4.69, 9.17) is 14.2 Å². The van der Waals surface area contributed by atoms with E-state index in [1.807, 2.05) is 6.07 Å². The Morgan fingerprint density at radius 2 is 1.48 bits per heavy atom. The van der Waals surface area contributed by atoms with Crippen LogP contribution < -0.4 is 59.1 Å². The number of carbonyl (C=O) groups is 2. The van der Waals surface area contributed by atoms with Crippen molar-refractivity contribution in [2.75, 3.05) is 26.2 Å². The minimum Gasteiger partial charge on any atom is -0.850 e. The number of amides is 2. The normalized spacial score (nSPS) is 17.6. The molecule has 13 heteroatoms. The first kappa shape index (κ1) is 38.4. The number of nitriles is 1. The molecule has 2 unspecified atom stereocenters. The van der Waals surface area contributed by atoms with Crippen LogP contribution in [0.25, 0.3) is 0 Å². The number of nitrogens with one attached hydrogen (secondary N) is 1. The van der Waals surface area contributed by atoms with E-state index in [-0.39, 0.29) is 59.4 Å². The van der Waals surface area contributed by atoms with Crippen LogP contribution in [0.15, 0.2) is 71.9 Å². The Morgan fingerprint density at radius 1 is 0.896 bits per heavy atom. The molecule has 0 aromatic heterocycles. The molecule has 2 aliphatic rings. The molecule has 1 aliphatic heterocycles. The number of hydrogen-bond acceptors (Lipinski definition) is 7. The number of nitrogens with zero attached hydrogens (tertiary/aromatic N) is 2. The van der Waals surface area contributed by atoms with Gasteiger partial charge in [-0.05, 0) is 65.9 Å². The molecule has 3 aromatic rings. The third kappa shape index (κ3) is 8.71. The van der Waals surface area contributed by atoms with Gasteiger partial charge in [-0.1, -0.05) is 39.0 Å². The second kappa shape index (κ2) is 15.5. The molecule has 0 spiro atoms. The number of carbonyl (C=O) groups excluding carboxylic acids is 2. The number of alkyl halides is 3. The van der Waals surface area contributed by atoms with Crippen molar-refractivity contribution in [3.8, 4) is 23.3 Å². The summed E-state index contributed by atoms with van der Waals surface area (Å²) in [7, 11) is 4.41. The number of rotatable bonds is 6. The number of anilines is 1.